The van der Waals surface area contributed by atoms with Crippen molar-refractivity contribution >= 4 is 45.3 Å². The molecule has 0 saturated carbocycles. The van der Waals surface area contributed by atoms with Gasteiger partial charge in [0.05, 0.1) is 28.2 Å². The summed E-state index contributed by atoms with van der Waals surface area (Å²) in [5, 5.41) is 0.609. The number of primary amides is 1. The lowest BCUT2D eigenvalue weighted by molar-refractivity contribution is -0.125. The van der Waals surface area contributed by atoms with Crippen molar-refractivity contribution in [2.24, 2.45) is 11.1 Å². The summed E-state index contributed by atoms with van der Waals surface area (Å²) < 4.78 is 2.10. The fraction of sp³-hybridized carbons (Fsp3) is 0.286. The number of fused-ring (bicyclic) bond motifs is 3. The Balaban J connectivity index is 1.53. The SMILES string of the molecule is NC(=O)C1(CCCCn2cnc3c(N)nc4ccccc4c32)C=CC=CC1Cl. The third-order valence-electron chi connectivity index (χ3n) is 5.46. The zero-order valence-electron chi connectivity index (χ0n) is 15.4. The Hall–Kier alpha value is -2.86. The number of nitrogens with two attached hydrogens (primary N) is 2. The number of halogens is 1. The molecule has 0 aliphatic heterocycles. The van der Waals surface area contributed by atoms with Crippen molar-refractivity contribution in [1.82, 2.24) is 14.5 Å². The average Bonchev–Trinajstić information content (AvgIpc) is 3.11. The number of pyridine rings is 1. The maximum Gasteiger partial charge on any atom is 0.229 e. The van der Waals surface area contributed by atoms with E-state index in [1.165, 1.54) is 0 Å². The molecule has 0 radical (unpaired) electrons. The number of anilines is 1. The predicted molar refractivity (Wildman–Crippen MR) is 113 cm³/mol. The second-order valence-corrected chi connectivity index (χ2v) is 7.63. The topological polar surface area (TPSA) is 99.8 Å². The highest BCUT2D eigenvalue weighted by molar-refractivity contribution is 6.24. The van der Waals surface area contributed by atoms with Crippen molar-refractivity contribution in [2.45, 2.75) is 31.2 Å². The van der Waals surface area contributed by atoms with Gasteiger partial charge in [-0.25, -0.2) is 9.97 Å². The van der Waals surface area contributed by atoms with Gasteiger partial charge in [0.15, 0.2) is 5.82 Å². The summed E-state index contributed by atoms with van der Waals surface area (Å²) in [6, 6.07) is 7.90. The third kappa shape index (κ3) is 3.03. The van der Waals surface area contributed by atoms with E-state index in [0.717, 1.165) is 35.8 Å². The Morgan fingerprint density at radius 1 is 1.25 bits per heavy atom. The highest BCUT2D eigenvalue weighted by Crippen LogP contribution is 2.37. The molecular weight excluding hydrogens is 374 g/mol. The van der Waals surface area contributed by atoms with Crippen LogP contribution in [0.25, 0.3) is 21.9 Å². The number of para-hydroxylation sites is 1. The number of hydrogen-bond donors (Lipinski definition) is 2. The number of unbranched alkanes of at least 4 members (excludes halogenated alkanes) is 1. The van der Waals surface area contributed by atoms with Crippen LogP contribution < -0.4 is 11.5 Å². The second kappa shape index (κ2) is 7.28. The minimum Gasteiger partial charge on any atom is -0.382 e. The highest BCUT2D eigenvalue weighted by Gasteiger charge is 2.40. The first kappa shape index (κ1) is 18.5. The van der Waals surface area contributed by atoms with E-state index in [-0.39, 0.29) is 5.91 Å². The maximum absolute atomic E-state index is 12.1. The number of carbonyl (C=O) groups excluding carboxylic acids is 1. The number of rotatable bonds is 6. The van der Waals surface area contributed by atoms with E-state index in [1.807, 2.05) is 48.6 Å². The van der Waals surface area contributed by atoms with Gasteiger partial charge >= 0.3 is 0 Å². The Bertz CT molecular complexity index is 1100. The van der Waals surface area contributed by atoms with Gasteiger partial charge in [0, 0.05) is 11.9 Å². The molecule has 2 atom stereocenters. The summed E-state index contributed by atoms with van der Waals surface area (Å²) in [5.41, 5.74) is 13.5. The van der Waals surface area contributed by atoms with Crippen LogP contribution >= 0.6 is 11.6 Å². The number of benzene rings is 1. The van der Waals surface area contributed by atoms with E-state index in [2.05, 4.69) is 14.5 Å². The van der Waals surface area contributed by atoms with Gasteiger partial charge in [-0.2, -0.15) is 0 Å². The van der Waals surface area contributed by atoms with E-state index in [4.69, 9.17) is 23.1 Å². The van der Waals surface area contributed by atoms with Crippen LogP contribution in [0.3, 0.4) is 0 Å². The highest BCUT2D eigenvalue weighted by atomic mass is 35.5. The van der Waals surface area contributed by atoms with Crippen LogP contribution in [0.1, 0.15) is 19.3 Å². The van der Waals surface area contributed by atoms with E-state index in [0.29, 0.717) is 17.8 Å². The van der Waals surface area contributed by atoms with E-state index in [1.54, 1.807) is 6.33 Å². The Labute approximate surface area is 167 Å². The lowest BCUT2D eigenvalue weighted by Crippen LogP contribution is -2.42. The molecule has 0 saturated heterocycles. The van der Waals surface area contributed by atoms with Gasteiger partial charge in [-0.1, -0.05) is 48.9 Å². The standard InChI is InChI=1S/C21H22ClN5O/c22-16-9-3-4-10-21(16,20(24)28)11-5-6-12-27-13-25-17-18(27)14-7-1-2-8-15(14)26-19(17)23/h1-4,7-10,13,16H,5-6,11-12H2,(H2,23,26)(H2,24,28). The number of hydrogen-bond acceptors (Lipinski definition) is 4. The first-order valence-corrected chi connectivity index (χ1v) is 9.75. The molecule has 1 amide bonds. The smallest absolute Gasteiger partial charge is 0.229 e. The monoisotopic (exact) mass is 395 g/mol. The summed E-state index contributed by atoms with van der Waals surface area (Å²) in [5.74, 6) is 0.0512. The van der Waals surface area contributed by atoms with E-state index < -0.39 is 10.8 Å². The molecular formula is C21H22ClN5O. The number of allylic oxidation sites excluding steroid dienone is 3. The van der Waals surface area contributed by atoms with Crippen molar-refractivity contribution in [1.29, 1.82) is 0 Å². The number of nitrogens with zero attached hydrogens (tertiary/aromatic N) is 3. The van der Waals surface area contributed by atoms with Gasteiger partial charge in [0.1, 0.15) is 5.52 Å². The summed E-state index contributed by atoms with van der Waals surface area (Å²) in [6.07, 6.45) is 11.4. The molecule has 7 heteroatoms. The zero-order valence-corrected chi connectivity index (χ0v) is 16.1. The van der Waals surface area contributed by atoms with Gasteiger partial charge in [0.25, 0.3) is 0 Å². The van der Waals surface area contributed by atoms with Crippen LogP contribution in [0.4, 0.5) is 5.82 Å². The molecule has 1 aliphatic rings. The molecule has 0 spiro atoms. The van der Waals surface area contributed by atoms with Gasteiger partial charge in [-0.3, -0.25) is 4.79 Å². The molecule has 28 heavy (non-hydrogen) atoms. The van der Waals surface area contributed by atoms with Crippen molar-refractivity contribution in [3.63, 3.8) is 0 Å². The fourth-order valence-corrected chi connectivity index (χ4v) is 4.26. The normalized spacial score (nSPS) is 21.5. The minimum absolute atomic E-state index is 0.383. The zero-order chi connectivity index (χ0) is 19.7. The number of carbonyl (C=O) groups is 1. The van der Waals surface area contributed by atoms with Crippen molar-refractivity contribution < 1.29 is 4.79 Å². The number of amides is 1. The van der Waals surface area contributed by atoms with Gasteiger partial charge < -0.3 is 16.0 Å². The summed E-state index contributed by atoms with van der Waals surface area (Å²) in [4.78, 5) is 21.0. The minimum atomic E-state index is -0.825. The Morgan fingerprint density at radius 2 is 2.07 bits per heavy atom. The number of nitrogen functional groups attached to an aromatic ring is 1. The van der Waals surface area contributed by atoms with Gasteiger partial charge in [0.2, 0.25) is 5.91 Å². The quantitative estimate of drug-likeness (QED) is 0.492. The van der Waals surface area contributed by atoms with Crippen molar-refractivity contribution in [3.8, 4) is 0 Å². The second-order valence-electron chi connectivity index (χ2n) is 7.16. The van der Waals surface area contributed by atoms with Crippen LogP contribution in [0.5, 0.6) is 0 Å². The van der Waals surface area contributed by atoms with Crippen LogP contribution in [-0.2, 0) is 11.3 Å². The van der Waals surface area contributed by atoms with Crippen LogP contribution in [0, 0.1) is 5.41 Å². The number of imidazole rings is 1. The van der Waals surface area contributed by atoms with Crippen LogP contribution in [0.2, 0.25) is 0 Å². The molecule has 1 aliphatic carbocycles. The summed E-state index contributed by atoms with van der Waals surface area (Å²) >= 11 is 6.40. The number of alkyl halides is 1. The lowest BCUT2D eigenvalue weighted by atomic mass is 9.76. The molecule has 3 aromatic rings. The van der Waals surface area contributed by atoms with Gasteiger partial charge in [-0.05, 0) is 18.9 Å². The molecule has 1 aromatic carbocycles. The maximum atomic E-state index is 12.1. The lowest BCUT2D eigenvalue weighted by Gasteiger charge is -2.32. The Kier molecular flexibility index (Phi) is 4.81. The summed E-state index contributed by atoms with van der Waals surface area (Å²) in [6.45, 7) is 0.755. The molecule has 2 heterocycles. The Morgan fingerprint density at radius 3 is 2.86 bits per heavy atom. The molecule has 4 rings (SSSR count). The van der Waals surface area contributed by atoms with Crippen molar-refractivity contribution in [2.75, 3.05) is 5.73 Å². The average molecular weight is 396 g/mol. The largest absolute Gasteiger partial charge is 0.382 e. The molecule has 0 fully saturated rings. The molecule has 0 bridgehead atoms. The number of aryl methyl sites for hydroxylation is 1. The molecule has 2 aromatic heterocycles. The van der Waals surface area contributed by atoms with Gasteiger partial charge in [-0.15, -0.1) is 11.6 Å². The fourth-order valence-electron chi connectivity index (χ4n) is 3.89. The predicted octanol–water partition coefficient (Wildman–Crippen LogP) is 3.54. The number of aromatic nitrogens is 3. The van der Waals surface area contributed by atoms with Crippen LogP contribution in [0.15, 0.2) is 54.9 Å². The van der Waals surface area contributed by atoms with E-state index >= 15 is 0 Å². The molecule has 144 valence electrons. The molecule has 4 N–H and O–H groups in total. The third-order valence-corrected chi connectivity index (χ3v) is 5.99. The first-order chi connectivity index (χ1) is 13.5. The first-order valence-electron chi connectivity index (χ1n) is 9.32. The molecule has 2 unspecified atom stereocenters. The van der Waals surface area contributed by atoms with Crippen LogP contribution in [-0.4, -0.2) is 25.8 Å². The van der Waals surface area contributed by atoms with E-state index in [9.17, 15) is 4.79 Å². The molecule has 6 nitrogen and oxygen atoms in total. The summed E-state index contributed by atoms with van der Waals surface area (Å²) in [7, 11) is 0. The van der Waals surface area contributed by atoms with Crippen molar-refractivity contribution in [3.05, 3.63) is 54.9 Å².